The van der Waals surface area contributed by atoms with E-state index in [2.05, 4.69) is 20.1 Å². The van der Waals surface area contributed by atoms with Crippen LogP contribution in [0.3, 0.4) is 0 Å². The average molecular weight is 433 g/mol. The van der Waals surface area contributed by atoms with Crippen molar-refractivity contribution in [3.8, 4) is 17.2 Å². The normalized spacial score (nSPS) is 16.4. The zero-order valence-electron chi connectivity index (χ0n) is 17.1. The summed E-state index contributed by atoms with van der Waals surface area (Å²) < 4.78 is 49.2. The van der Waals surface area contributed by atoms with Gasteiger partial charge in [-0.3, -0.25) is 4.90 Å². The number of aromatic nitrogens is 3. The van der Waals surface area contributed by atoms with Crippen LogP contribution in [0.25, 0.3) is 11.5 Å². The van der Waals surface area contributed by atoms with Crippen LogP contribution in [-0.4, -0.2) is 53.4 Å². The minimum atomic E-state index is -4.38. The predicted molar refractivity (Wildman–Crippen MR) is 108 cm³/mol. The van der Waals surface area contributed by atoms with Crippen molar-refractivity contribution in [1.82, 2.24) is 20.1 Å². The summed E-state index contributed by atoms with van der Waals surface area (Å²) in [6.07, 6.45) is -3.50. The molecule has 2 aromatic heterocycles. The van der Waals surface area contributed by atoms with E-state index in [0.717, 1.165) is 23.6 Å². The lowest BCUT2D eigenvalue weighted by Gasteiger charge is -2.37. The smallest absolute Gasteiger partial charge is 0.417 e. The Balaban J connectivity index is 1.37. The second-order valence-corrected chi connectivity index (χ2v) is 7.28. The molecule has 4 rings (SSSR count). The number of anilines is 1. The van der Waals surface area contributed by atoms with Crippen molar-refractivity contribution < 1.29 is 22.3 Å². The maximum absolute atomic E-state index is 12.7. The van der Waals surface area contributed by atoms with E-state index < -0.39 is 11.7 Å². The topological polar surface area (TPSA) is 67.5 Å². The molecule has 1 aliphatic rings. The average Bonchev–Trinajstić information content (AvgIpc) is 3.28. The third kappa shape index (κ3) is 4.63. The number of rotatable bonds is 5. The van der Waals surface area contributed by atoms with Crippen molar-refractivity contribution in [3.05, 3.63) is 54.0 Å². The van der Waals surface area contributed by atoms with Crippen LogP contribution >= 0.6 is 0 Å². The Morgan fingerprint density at radius 3 is 2.29 bits per heavy atom. The van der Waals surface area contributed by atoms with Crippen LogP contribution < -0.4 is 9.64 Å². The van der Waals surface area contributed by atoms with Gasteiger partial charge in [0.25, 0.3) is 0 Å². The summed E-state index contributed by atoms with van der Waals surface area (Å²) in [6, 6.07) is 9.78. The number of pyridine rings is 1. The van der Waals surface area contributed by atoms with E-state index in [1.54, 1.807) is 7.11 Å². The summed E-state index contributed by atoms with van der Waals surface area (Å²) in [5, 5.41) is 8.35. The molecule has 1 aliphatic heterocycles. The molecule has 1 aromatic carbocycles. The van der Waals surface area contributed by atoms with Crippen molar-refractivity contribution in [3.63, 3.8) is 0 Å². The second-order valence-electron chi connectivity index (χ2n) is 7.28. The number of hydrogen-bond acceptors (Lipinski definition) is 7. The van der Waals surface area contributed by atoms with E-state index in [0.29, 0.717) is 43.8 Å². The molecule has 0 bridgehead atoms. The molecule has 3 heterocycles. The van der Waals surface area contributed by atoms with Crippen LogP contribution in [0, 0.1) is 0 Å². The molecular weight excluding hydrogens is 411 g/mol. The number of alkyl halides is 3. The predicted octanol–water partition coefficient (Wildman–Crippen LogP) is 4.04. The molecule has 1 atom stereocenters. The highest BCUT2D eigenvalue weighted by Crippen LogP contribution is 2.30. The fraction of sp³-hybridized carbons (Fsp3) is 0.381. The van der Waals surface area contributed by atoms with Gasteiger partial charge in [0.2, 0.25) is 11.8 Å². The Morgan fingerprint density at radius 2 is 1.71 bits per heavy atom. The molecule has 7 nitrogen and oxygen atoms in total. The Morgan fingerprint density at radius 1 is 1.00 bits per heavy atom. The SMILES string of the molecule is COc1ccc(-c2nnc([C@H](C)N3CCN(c4ccc(C(F)(F)F)cn4)CC3)o2)cc1. The van der Waals surface area contributed by atoms with E-state index in [1.165, 1.54) is 6.07 Å². The number of ether oxygens (including phenoxy) is 1. The number of benzene rings is 1. The van der Waals surface area contributed by atoms with Gasteiger partial charge in [0.1, 0.15) is 11.6 Å². The highest BCUT2D eigenvalue weighted by atomic mass is 19.4. The number of hydrogen-bond donors (Lipinski definition) is 0. The molecule has 0 radical (unpaired) electrons. The Kier molecular flexibility index (Phi) is 5.81. The van der Waals surface area contributed by atoms with Crippen molar-refractivity contribution in [2.24, 2.45) is 0 Å². The van der Waals surface area contributed by atoms with Crippen molar-refractivity contribution in [1.29, 1.82) is 0 Å². The maximum Gasteiger partial charge on any atom is 0.417 e. The van der Waals surface area contributed by atoms with Gasteiger partial charge in [-0.2, -0.15) is 13.2 Å². The quantitative estimate of drug-likeness (QED) is 0.602. The van der Waals surface area contributed by atoms with Gasteiger partial charge in [0, 0.05) is 37.9 Å². The Bertz CT molecular complexity index is 997. The first-order valence-corrected chi connectivity index (χ1v) is 9.85. The molecule has 0 unspecified atom stereocenters. The molecule has 0 saturated carbocycles. The molecule has 3 aromatic rings. The molecule has 164 valence electrons. The van der Waals surface area contributed by atoms with E-state index in [4.69, 9.17) is 9.15 Å². The molecular formula is C21H22F3N5O2. The monoisotopic (exact) mass is 433 g/mol. The van der Waals surface area contributed by atoms with Crippen LogP contribution in [0.15, 0.2) is 47.0 Å². The third-order valence-electron chi connectivity index (χ3n) is 5.40. The molecule has 1 fully saturated rings. The first-order valence-electron chi connectivity index (χ1n) is 9.85. The molecule has 0 amide bonds. The highest BCUT2D eigenvalue weighted by Gasteiger charge is 2.31. The summed E-state index contributed by atoms with van der Waals surface area (Å²) >= 11 is 0. The zero-order valence-corrected chi connectivity index (χ0v) is 17.1. The van der Waals surface area contributed by atoms with Crippen LogP contribution in [-0.2, 0) is 6.18 Å². The lowest BCUT2D eigenvalue weighted by Crippen LogP contribution is -2.47. The summed E-state index contributed by atoms with van der Waals surface area (Å²) in [6.45, 7) is 4.68. The third-order valence-corrected chi connectivity index (χ3v) is 5.40. The van der Waals surface area contributed by atoms with Crippen LogP contribution in [0.5, 0.6) is 5.75 Å². The van der Waals surface area contributed by atoms with Gasteiger partial charge in [-0.25, -0.2) is 4.98 Å². The minimum absolute atomic E-state index is 0.0813. The first kappa shape index (κ1) is 21.1. The van der Waals surface area contributed by atoms with Crippen molar-refractivity contribution in [2.45, 2.75) is 19.1 Å². The van der Waals surface area contributed by atoms with Gasteiger partial charge in [-0.15, -0.1) is 10.2 Å². The van der Waals surface area contributed by atoms with Gasteiger partial charge in [0.15, 0.2) is 0 Å². The Hall–Kier alpha value is -3.14. The molecule has 10 heteroatoms. The zero-order chi connectivity index (χ0) is 22.0. The van der Waals surface area contributed by atoms with E-state index >= 15 is 0 Å². The molecule has 0 aliphatic carbocycles. The van der Waals surface area contributed by atoms with Crippen molar-refractivity contribution >= 4 is 5.82 Å². The van der Waals surface area contributed by atoms with Crippen LogP contribution in [0.4, 0.5) is 19.0 Å². The van der Waals surface area contributed by atoms with Gasteiger partial charge in [-0.05, 0) is 43.3 Å². The molecule has 0 N–H and O–H groups in total. The van der Waals surface area contributed by atoms with Gasteiger partial charge in [0.05, 0.1) is 18.7 Å². The van der Waals surface area contributed by atoms with E-state index in [-0.39, 0.29) is 6.04 Å². The lowest BCUT2D eigenvalue weighted by atomic mass is 10.2. The summed E-state index contributed by atoms with van der Waals surface area (Å²) in [4.78, 5) is 8.16. The van der Waals surface area contributed by atoms with E-state index in [1.807, 2.05) is 36.1 Å². The minimum Gasteiger partial charge on any atom is -0.497 e. The number of piperazine rings is 1. The van der Waals surface area contributed by atoms with Crippen LogP contribution in [0.2, 0.25) is 0 Å². The van der Waals surface area contributed by atoms with Gasteiger partial charge >= 0.3 is 6.18 Å². The summed E-state index contributed by atoms with van der Waals surface area (Å²) in [5.74, 6) is 2.25. The standard InChI is InChI=1S/C21H22F3N5O2/c1-14(19-26-27-20(31-19)15-3-6-17(30-2)7-4-15)28-9-11-29(12-10-28)18-8-5-16(13-25-18)21(22,23)24/h3-8,13-14H,9-12H2,1-2H3/t14-/m0/s1. The number of nitrogens with zero attached hydrogens (tertiary/aromatic N) is 5. The fourth-order valence-electron chi connectivity index (χ4n) is 3.49. The summed E-state index contributed by atoms with van der Waals surface area (Å²) in [5.41, 5.74) is 0.0671. The number of halogens is 3. The molecule has 0 spiro atoms. The summed E-state index contributed by atoms with van der Waals surface area (Å²) in [7, 11) is 1.61. The largest absolute Gasteiger partial charge is 0.497 e. The van der Waals surface area contributed by atoms with Gasteiger partial charge in [-0.1, -0.05) is 0 Å². The Labute approximate surface area is 177 Å². The lowest BCUT2D eigenvalue weighted by molar-refractivity contribution is -0.137. The number of methoxy groups -OCH3 is 1. The fourth-order valence-corrected chi connectivity index (χ4v) is 3.49. The van der Waals surface area contributed by atoms with Gasteiger partial charge < -0.3 is 14.1 Å². The van der Waals surface area contributed by atoms with Crippen LogP contribution in [0.1, 0.15) is 24.4 Å². The van der Waals surface area contributed by atoms with E-state index in [9.17, 15) is 13.2 Å². The maximum atomic E-state index is 12.7. The second kappa shape index (κ2) is 8.54. The molecule has 31 heavy (non-hydrogen) atoms. The molecule has 1 saturated heterocycles. The van der Waals surface area contributed by atoms with Crippen molar-refractivity contribution in [2.75, 3.05) is 38.2 Å². The first-order chi connectivity index (χ1) is 14.8. The highest BCUT2D eigenvalue weighted by molar-refractivity contribution is 5.54.